The minimum atomic E-state index is 0.00207. The third kappa shape index (κ3) is 3.97. The third-order valence-electron chi connectivity index (χ3n) is 5.32. The molecule has 1 aliphatic heterocycles. The van der Waals surface area contributed by atoms with Crippen LogP contribution in [0.2, 0.25) is 0 Å². The van der Waals surface area contributed by atoms with Crippen molar-refractivity contribution in [3.05, 3.63) is 78.9 Å². The second-order valence-electron chi connectivity index (χ2n) is 7.21. The molecule has 0 saturated carbocycles. The summed E-state index contributed by atoms with van der Waals surface area (Å²) < 4.78 is 1.54. The number of benzene rings is 2. The monoisotopic (exact) mass is 412 g/mol. The summed E-state index contributed by atoms with van der Waals surface area (Å²) >= 11 is 0. The van der Waals surface area contributed by atoms with E-state index in [1.807, 2.05) is 65.6 Å². The maximum Gasteiger partial charge on any atom is 0.254 e. The van der Waals surface area contributed by atoms with Gasteiger partial charge in [-0.2, -0.15) is 0 Å². The molecule has 9 heteroatoms. The van der Waals surface area contributed by atoms with Crippen molar-refractivity contribution in [3.8, 4) is 16.9 Å². The van der Waals surface area contributed by atoms with E-state index in [-0.39, 0.29) is 5.91 Å². The molecule has 2 aromatic carbocycles. The van der Waals surface area contributed by atoms with Crippen LogP contribution in [0.25, 0.3) is 16.9 Å². The van der Waals surface area contributed by atoms with Gasteiger partial charge in [0.25, 0.3) is 5.91 Å². The molecule has 0 aliphatic carbocycles. The molecule has 1 aliphatic rings. The zero-order valence-corrected chi connectivity index (χ0v) is 16.7. The lowest BCUT2D eigenvalue weighted by atomic mass is 10.1. The van der Waals surface area contributed by atoms with Gasteiger partial charge in [-0.3, -0.25) is 4.79 Å². The molecule has 154 valence electrons. The molecule has 3 heterocycles. The number of nitrogens with zero attached hydrogens (tertiary/aromatic N) is 8. The summed E-state index contributed by atoms with van der Waals surface area (Å²) in [5.74, 6) is 0.879. The first-order chi connectivity index (χ1) is 15.3. The standard InChI is InChI=1S/C22H20N8O/c31-22(18-7-4-8-19(13-18)30-16-25-26-27-30)29-11-9-28(10-12-29)21-14-20(23-15-24-21)17-5-2-1-3-6-17/h1-8,13-16H,9-12H2. The lowest BCUT2D eigenvalue weighted by Crippen LogP contribution is -2.49. The fraction of sp³-hybridized carbons (Fsp3) is 0.182. The second kappa shape index (κ2) is 8.31. The molecule has 0 unspecified atom stereocenters. The maximum absolute atomic E-state index is 13.0. The third-order valence-corrected chi connectivity index (χ3v) is 5.32. The largest absolute Gasteiger partial charge is 0.353 e. The van der Waals surface area contributed by atoms with Crippen LogP contribution in [-0.4, -0.2) is 67.2 Å². The van der Waals surface area contributed by atoms with Gasteiger partial charge in [0.1, 0.15) is 18.5 Å². The summed E-state index contributed by atoms with van der Waals surface area (Å²) in [6.45, 7) is 2.67. The SMILES string of the molecule is O=C(c1cccc(-n2cnnn2)c1)N1CCN(c2cc(-c3ccccc3)ncn2)CC1. The quantitative estimate of drug-likeness (QED) is 0.507. The molecule has 31 heavy (non-hydrogen) atoms. The normalized spacial score (nSPS) is 13.9. The van der Waals surface area contributed by atoms with E-state index in [0.717, 1.165) is 22.8 Å². The predicted molar refractivity (Wildman–Crippen MR) is 115 cm³/mol. The Morgan fingerprint density at radius 1 is 0.871 bits per heavy atom. The van der Waals surface area contributed by atoms with Gasteiger partial charge in [-0.15, -0.1) is 5.10 Å². The smallest absolute Gasteiger partial charge is 0.254 e. The van der Waals surface area contributed by atoms with Crippen LogP contribution in [0.5, 0.6) is 0 Å². The van der Waals surface area contributed by atoms with Gasteiger partial charge in [-0.05, 0) is 28.6 Å². The summed E-state index contributed by atoms with van der Waals surface area (Å²) in [7, 11) is 0. The number of rotatable bonds is 4. The number of anilines is 1. The highest BCUT2D eigenvalue weighted by Crippen LogP contribution is 2.22. The highest BCUT2D eigenvalue weighted by molar-refractivity contribution is 5.95. The van der Waals surface area contributed by atoms with E-state index < -0.39 is 0 Å². The van der Waals surface area contributed by atoms with Crippen molar-refractivity contribution in [3.63, 3.8) is 0 Å². The van der Waals surface area contributed by atoms with E-state index in [1.54, 1.807) is 6.33 Å². The van der Waals surface area contributed by atoms with Crippen LogP contribution >= 0.6 is 0 Å². The van der Waals surface area contributed by atoms with Crippen LogP contribution in [0.15, 0.2) is 73.3 Å². The molecule has 9 nitrogen and oxygen atoms in total. The Kier molecular flexibility index (Phi) is 5.05. The van der Waals surface area contributed by atoms with E-state index in [1.165, 1.54) is 11.0 Å². The Balaban J connectivity index is 1.27. The number of aromatic nitrogens is 6. The lowest BCUT2D eigenvalue weighted by molar-refractivity contribution is 0.0746. The Hall–Kier alpha value is -4.14. The minimum absolute atomic E-state index is 0.00207. The molecule has 1 amide bonds. The highest BCUT2D eigenvalue weighted by atomic mass is 16.2. The van der Waals surface area contributed by atoms with Crippen LogP contribution in [-0.2, 0) is 0 Å². The van der Waals surface area contributed by atoms with Crippen molar-refractivity contribution in [2.24, 2.45) is 0 Å². The lowest BCUT2D eigenvalue weighted by Gasteiger charge is -2.35. The molecule has 0 bridgehead atoms. The number of hydrogen-bond donors (Lipinski definition) is 0. The van der Waals surface area contributed by atoms with E-state index in [4.69, 9.17) is 0 Å². The molecule has 5 rings (SSSR count). The Bertz CT molecular complexity index is 1170. The predicted octanol–water partition coefficient (Wildman–Crippen LogP) is 2.08. The van der Waals surface area contributed by atoms with Gasteiger partial charge in [0, 0.05) is 43.4 Å². The Labute approximate surface area is 179 Å². The summed E-state index contributed by atoms with van der Waals surface area (Å²) in [5, 5.41) is 11.2. The topological polar surface area (TPSA) is 92.9 Å². The Morgan fingerprint density at radius 3 is 2.48 bits per heavy atom. The first-order valence-corrected chi connectivity index (χ1v) is 10.0. The first kappa shape index (κ1) is 18.9. The van der Waals surface area contributed by atoms with Crippen molar-refractivity contribution in [1.82, 2.24) is 35.1 Å². The fourth-order valence-corrected chi connectivity index (χ4v) is 3.67. The highest BCUT2D eigenvalue weighted by Gasteiger charge is 2.23. The van der Waals surface area contributed by atoms with Crippen LogP contribution in [0.4, 0.5) is 5.82 Å². The number of piperazine rings is 1. The van der Waals surface area contributed by atoms with Gasteiger partial charge >= 0.3 is 0 Å². The van der Waals surface area contributed by atoms with Crippen LogP contribution in [0, 0.1) is 0 Å². The Morgan fingerprint density at radius 2 is 1.71 bits per heavy atom. The van der Waals surface area contributed by atoms with Crippen molar-refractivity contribution in [2.75, 3.05) is 31.1 Å². The maximum atomic E-state index is 13.0. The number of carbonyl (C=O) groups excluding carboxylic acids is 1. The van der Waals surface area contributed by atoms with Gasteiger partial charge in [0.15, 0.2) is 0 Å². The zero-order chi connectivity index (χ0) is 21.0. The van der Waals surface area contributed by atoms with E-state index in [2.05, 4.69) is 30.4 Å². The molecule has 0 spiro atoms. The van der Waals surface area contributed by atoms with Gasteiger partial charge in [-0.1, -0.05) is 36.4 Å². The van der Waals surface area contributed by atoms with Crippen LogP contribution < -0.4 is 4.90 Å². The number of tetrazole rings is 1. The van der Waals surface area contributed by atoms with Crippen molar-refractivity contribution in [1.29, 1.82) is 0 Å². The summed E-state index contributed by atoms with van der Waals surface area (Å²) in [5.41, 5.74) is 3.32. The summed E-state index contributed by atoms with van der Waals surface area (Å²) in [6, 6.07) is 19.4. The first-order valence-electron chi connectivity index (χ1n) is 10.0. The zero-order valence-electron chi connectivity index (χ0n) is 16.7. The average Bonchev–Trinajstić information content (AvgIpc) is 3.40. The molecular formula is C22H20N8O. The molecule has 0 atom stereocenters. The van der Waals surface area contributed by atoms with E-state index in [9.17, 15) is 4.79 Å². The fourth-order valence-electron chi connectivity index (χ4n) is 3.67. The summed E-state index contributed by atoms with van der Waals surface area (Å²) in [6.07, 6.45) is 3.10. The van der Waals surface area contributed by atoms with Crippen LogP contribution in [0.1, 0.15) is 10.4 Å². The van der Waals surface area contributed by atoms with Crippen LogP contribution in [0.3, 0.4) is 0 Å². The number of hydrogen-bond acceptors (Lipinski definition) is 7. The van der Waals surface area contributed by atoms with Crippen molar-refractivity contribution in [2.45, 2.75) is 0 Å². The molecule has 1 fully saturated rings. The van der Waals surface area contributed by atoms with E-state index >= 15 is 0 Å². The molecule has 2 aromatic heterocycles. The molecule has 0 radical (unpaired) electrons. The minimum Gasteiger partial charge on any atom is -0.353 e. The molecule has 1 saturated heterocycles. The number of amides is 1. The van der Waals surface area contributed by atoms with Crippen molar-refractivity contribution < 1.29 is 4.79 Å². The van der Waals surface area contributed by atoms with Gasteiger partial charge in [0.2, 0.25) is 0 Å². The van der Waals surface area contributed by atoms with Gasteiger partial charge < -0.3 is 9.80 Å². The molecule has 0 N–H and O–H groups in total. The van der Waals surface area contributed by atoms with Gasteiger partial charge in [0.05, 0.1) is 11.4 Å². The molecular weight excluding hydrogens is 392 g/mol. The van der Waals surface area contributed by atoms with Gasteiger partial charge in [-0.25, -0.2) is 14.6 Å². The van der Waals surface area contributed by atoms with E-state index in [0.29, 0.717) is 31.7 Å². The summed E-state index contributed by atoms with van der Waals surface area (Å²) in [4.78, 5) is 25.9. The van der Waals surface area contributed by atoms with Crippen molar-refractivity contribution >= 4 is 11.7 Å². The average molecular weight is 412 g/mol. The number of carbonyl (C=O) groups is 1. The molecule has 4 aromatic rings. The second-order valence-corrected chi connectivity index (χ2v) is 7.21.